The number of carbonyl (C=O) groups excluding carboxylic acids is 1. The molecule has 1 aromatic carbocycles. The Balaban J connectivity index is 1.60. The number of nitrogens with one attached hydrogen (secondary N) is 1. The summed E-state index contributed by atoms with van der Waals surface area (Å²) in [6.45, 7) is 2.93. The largest absolute Gasteiger partial charge is 0.374 e. The van der Waals surface area contributed by atoms with Gasteiger partial charge in [-0.25, -0.2) is 0 Å². The smallest absolute Gasteiger partial charge is 0.251 e. The van der Waals surface area contributed by atoms with Gasteiger partial charge in [0.2, 0.25) is 0 Å². The van der Waals surface area contributed by atoms with Crippen molar-refractivity contribution in [2.75, 3.05) is 19.6 Å². The van der Waals surface area contributed by atoms with Crippen LogP contribution in [0.25, 0.3) is 0 Å². The van der Waals surface area contributed by atoms with Crippen LogP contribution in [0.15, 0.2) is 40.5 Å². The third kappa shape index (κ3) is 2.84. The fourth-order valence-electron chi connectivity index (χ4n) is 2.78. The molecule has 3 aliphatic rings. The lowest BCUT2D eigenvalue weighted by Crippen LogP contribution is -2.41. The van der Waals surface area contributed by atoms with E-state index in [0.29, 0.717) is 12.1 Å². The molecule has 1 fully saturated rings. The molecule has 100 valence electrons. The summed E-state index contributed by atoms with van der Waals surface area (Å²) < 4.78 is 0.988. The highest BCUT2D eigenvalue weighted by Crippen LogP contribution is 2.28. The van der Waals surface area contributed by atoms with Crippen LogP contribution in [0.5, 0.6) is 0 Å². The average molecular weight is 321 g/mol. The van der Waals surface area contributed by atoms with Gasteiger partial charge in [0.15, 0.2) is 0 Å². The van der Waals surface area contributed by atoms with E-state index in [1.165, 1.54) is 18.5 Å². The second kappa shape index (κ2) is 5.37. The maximum Gasteiger partial charge on any atom is 0.251 e. The summed E-state index contributed by atoms with van der Waals surface area (Å²) in [5.74, 6) is 0.723. The zero-order valence-corrected chi connectivity index (χ0v) is 12.3. The monoisotopic (exact) mass is 320 g/mol. The molecule has 3 aliphatic heterocycles. The van der Waals surface area contributed by atoms with E-state index >= 15 is 0 Å². The van der Waals surface area contributed by atoms with Crippen LogP contribution < -0.4 is 5.32 Å². The first-order chi connectivity index (χ1) is 9.22. The lowest BCUT2D eigenvalue weighted by atomic mass is 9.90. The van der Waals surface area contributed by atoms with Crippen LogP contribution in [0.3, 0.4) is 0 Å². The Kier molecular flexibility index (Phi) is 3.60. The standard InChI is InChI=1S/C15H17BrN2O/c16-13-3-1-12(2-4-13)15(19)17-10-14-9-11-5-7-18(14)8-6-11/h1-4,9,11H,5-8,10H2,(H,17,19). The Hall–Kier alpha value is -1.29. The minimum atomic E-state index is -0.00366. The van der Waals surface area contributed by atoms with Crippen LogP contribution in [0.1, 0.15) is 23.2 Å². The number of allylic oxidation sites excluding steroid dienone is 1. The van der Waals surface area contributed by atoms with Crippen molar-refractivity contribution in [3.8, 4) is 0 Å². The van der Waals surface area contributed by atoms with Gasteiger partial charge in [-0.15, -0.1) is 0 Å². The van der Waals surface area contributed by atoms with E-state index in [4.69, 9.17) is 0 Å². The van der Waals surface area contributed by atoms with Crippen molar-refractivity contribution in [2.24, 2.45) is 5.92 Å². The van der Waals surface area contributed by atoms with Crippen LogP contribution in [-0.4, -0.2) is 30.4 Å². The molecule has 0 aliphatic carbocycles. The topological polar surface area (TPSA) is 32.3 Å². The molecule has 1 saturated heterocycles. The molecule has 1 amide bonds. The van der Waals surface area contributed by atoms with Crippen LogP contribution in [-0.2, 0) is 0 Å². The lowest BCUT2D eigenvalue weighted by Gasteiger charge is -2.40. The predicted octanol–water partition coefficient (Wildman–Crippen LogP) is 2.79. The minimum absolute atomic E-state index is 0.00366. The highest BCUT2D eigenvalue weighted by molar-refractivity contribution is 9.10. The summed E-state index contributed by atoms with van der Waals surface area (Å²) in [5, 5.41) is 3.01. The molecule has 1 aromatic rings. The Morgan fingerprint density at radius 1 is 1.26 bits per heavy atom. The Bertz CT molecular complexity index is 501. The molecule has 0 aromatic heterocycles. The molecule has 4 rings (SSSR count). The molecule has 0 spiro atoms. The molecule has 4 heteroatoms. The van der Waals surface area contributed by atoms with Gasteiger partial charge < -0.3 is 10.2 Å². The zero-order chi connectivity index (χ0) is 13.2. The zero-order valence-electron chi connectivity index (χ0n) is 10.7. The molecule has 3 heterocycles. The molecule has 0 radical (unpaired) electrons. The van der Waals surface area contributed by atoms with E-state index in [-0.39, 0.29) is 5.91 Å². The van der Waals surface area contributed by atoms with Gasteiger partial charge in [-0.05, 0) is 43.0 Å². The van der Waals surface area contributed by atoms with Crippen molar-refractivity contribution in [3.63, 3.8) is 0 Å². The number of nitrogens with zero attached hydrogens (tertiary/aromatic N) is 1. The summed E-state index contributed by atoms with van der Waals surface area (Å²) in [7, 11) is 0. The normalized spacial score (nSPS) is 18.4. The number of rotatable bonds is 3. The summed E-state index contributed by atoms with van der Waals surface area (Å²) in [5.41, 5.74) is 1.99. The number of fused-ring (bicyclic) bond motifs is 2. The Labute approximate surface area is 121 Å². The van der Waals surface area contributed by atoms with Gasteiger partial charge in [-0.3, -0.25) is 4.79 Å². The van der Waals surface area contributed by atoms with E-state index in [0.717, 1.165) is 23.5 Å². The lowest BCUT2D eigenvalue weighted by molar-refractivity contribution is 0.0950. The number of hydrogen-bond donors (Lipinski definition) is 1. The van der Waals surface area contributed by atoms with Crippen LogP contribution in [0.4, 0.5) is 0 Å². The molecule has 0 unspecified atom stereocenters. The molecular formula is C15H17BrN2O. The highest BCUT2D eigenvalue weighted by atomic mass is 79.9. The van der Waals surface area contributed by atoms with Gasteiger partial charge in [0, 0.05) is 28.8 Å². The van der Waals surface area contributed by atoms with Crippen molar-refractivity contribution in [1.82, 2.24) is 10.2 Å². The number of amides is 1. The van der Waals surface area contributed by atoms with Crippen molar-refractivity contribution in [1.29, 1.82) is 0 Å². The van der Waals surface area contributed by atoms with Crippen LogP contribution in [0.2, 0.25) is 0 Å². The van der Waals surface area contributed by atoms with E-state index in [1.54, 1.807) is 0 Å². The van der Waals surface area contributed by atoms with Gasteiger partial charge in [-0.2, -0.15) is 0 Å². The number of halogens is 1. The predicted molar refractivity (Wildman–Crippen MR) is 78.9 cm³/mol. The number of piperidine rings is 1. The second-order valence-electron chi connectivity index (χ2n) is 5.17. The van der Waals surface area contributed by atoms with Gasteiger partial charge in [-0.1, -0.05) is 22.0 Å². The molecule has 2 bridgehead atoms. The van der Waals surface area contributed by atoms with Gasteiger partial charge in [0.1, 0.15) is 0 Å². The highest BCUT2D eigenvalue weighted by Gasteiger charge is 2.25. The van der Waals surface area contributed by atoms with Crippen LogP contribution >= 0.6 is 15.9 Å². The first kappa shape index (κ1) is 12.7. The average Bonchev–Trinajstić information content (AvgIpc) is 2.47. The van der Waals surface area contributed by atoms with Crippen molar-refractivity contribution in [2.45, 2.75) is 12.8 Å². The van der Waals surface area contributed by atoms with E-state index in [9.17, 15) is 4.79 Å². The molecular weight excluding hydrogens is 304 g/mol. The molecule has 0 saturated carbocycles. The fraction of sp³-hybridized carbons (Fsp3) is 0.400. The third-order valence-electron chi connectivity index (χ3n) is 3.91. The summed E-state index contributed by atoms with van der Waals surface area (Å²) in [6.07, 6.45) is 4.86. The first-order valence-corrected chi connectivity index (χ1v) is 7.51. The molecule has 1 N–H and O–H groups in total. The first-order valence-electron chi connectivity index (χ1n) is 6.72. The number of benzene rings is 1. The van der Waals surface area contributed by atoms with Crippen molar-refractivity contribution >= 4 is 21.8 Å². The Morgan fingerprint density at radius 3 is 2.53 bits per heavy atom. The third-order valence-corrected chi connectivity index (χ3v) is 4.44. The van der Waals surface area contributed by atoms with Gasteiger partial charge >= 0.3 is 0 Å². The van der Waals surface area contributed by atoms with E-state index in [2.05, 4.69) is 32.2 Å². The van der Waals surface area contributed by atoms with E-state index < -0.39 is 0 Å². The van der Waals surface area contributed by atoms with Crippen molar-refractivity contribution in [3.05, 3.63) is 46.1 Å². The summed E-state index contributed by atoms with van der Waals surface area (Å²) in [4.78, 5) is 14.4. The molecule has 19 heavy (non-hydrogen) atoms. The quantitative estimate of drug-likeness (QED) is 0.928. The van der Waals surface area contributed by atoms with E-state index in [1.807, 2.05) is 24.3 Å². The maximum atomic E-state index is 12.0. The number of hydrogen-bond acceptors (Lipinski definition) is 2. The van der Waals surface area contributed by atoms with Gasteiger partial charge in [0.05, 0.1) is 6.54 Å². The maximum absolute atomic E-state index is 12.0. The minimum Gasteiger partial charge on any atom is -0.374 e. The fourth-order valence-corrected chi connectivity index (χ4v) is 3.04. The molecule has 0 atom stereocenters. The van der Waals surface area contributed by atoms with Crippen molar-refractivity contribution < 1.29 is 4.79 Å². The van der Waals surface area contributed by atoms with Gasteiger partial charge in [0.25, 0.3) is 5.91 Å². The summed E-state index contributed by atoms with van der Waals surface area (Å²) in [6, 6.07) is 7.45. The Morgan fingerprint density at radius 2 is 1.95 bits per heavy atom. The molecule has 3 nitrogen and oxygen atoms in total. The summed E-state index contributed by atoms with van der Waals surface area (Å²) >= 11 is 3.37. The SMILES string of the molecule is O=C(NCC1=CC2CCN1CC2)c1ccc(Br)cc1. The number of carbonyl (C=O) groups is 1. The second-order valence-corrected chi connectivity index (χ2v) is 6.09. The van der Waals surface area contributed by atoms with Crippen LogP contribution in [0, 0.1) is 5.92 Å².